The fraction of sp³-hybridized carbons (Fsp3) is 0.600. The van der Waals surface area contributed by atoms with Crippen LogP contribution in [0.25, 0.3) is 0 Å². The minimum absolute atomic E-state index is 0.330. The number of carbonyl (C=O) groups is 2. The van der Waals surface area contributed by atoms with E-state index in [1.165, 1.54) is 20.1 Å². The topological polar surface area (TPSA) is 61.8 Å². The van der Waals surface area contributed by atoms with Gasteiger partial charge < -0.3 is 14.2 Å². The van der Waals surface area contributed by atoms with E-state index in [0.717, 1.165) is 0 Å². The minimum Gasteiger partial charge on any atom is -0.494 e. The van der Waals surface area contributed by atoms with Gasteiger partial charge in [-0.15, -0.1) is 0 Å². The van der Waals surface area contributed by atoms with Crippen LogP contribution in [0.5, 0.6) is 0 Å². The number of carbonyl (C=O) groups excluding carboxylic acids is 2. The average Bonchev–Trinajstić information content (AvgIpc) is 2.09. The van der Waals surface area contributed by atoms with Crippen LogP contribution in [0.15, 0.2) is 12.3 Å². The van der Waals surface area contributed by atoms with Crippen molar-refractivity contribution in [3.8, 4) is 0 Å². The Morgan fingerprint density at radius 3 is 2.33 bits per heavy atom. The number of hydrogen-bond acceptors (Lipinski definition) is 5. The Bertz CT molecular complexity index is 284. The van der Waals surface area contributed by atoms with Crippen LogP contribution < -0.4 is 0 Å². The molecule has 1 unspecified atom stereocenters. The molecule has 0 radical (unpaired) electrons. The quantitative estimate of drug-likeness (QED) is 0.636. The van der Waals surface area contributed by atoms with Crippen LogP contribution in [0, 0.1) is 0 Å². The Balaban J connectivity index is 2.71. The average molecular weight is 214 g/mol. The summed E-state index contributed by atoms with van der Waals surface area (Å²) in [5.74, 6) is -0.848. The molecule has 15 heavy (non-hydrogen) atoms. The Hall–Kier alpha value is -1.52. The van der Waals surface area contributed by atoms with Crippen molar-refractivity contribution < 1.29 is 23.8 Å². The molecule has 0 aromatic rings. The molecule has 0 aliphatic carbocycles. The summed E-state index contributed by atoms with van der Waals surface area (Å²) in [6, 6.07) is 0. The smallest absolute Gasteiger partial charge is 0.303 e. The molecule has 0 fully saturated rings. The fourth-order valence-electron chi connectivity index (χ4n) is 1.35. The summed E-state index contributed by atoms with van der Waals surface area (Å²) in [7, 11) is 0. The molecule has 5 heteroatoms. The van der Waals surface area contributed by atoms with Gasteiger partial charge in [0.1, 0.15) is 6.10 Å². The number of ether oxygens (including phenoxy) is 3. The third-order valence-corrected chi connectivity index (χ3v) is 1.95. The van der Waals surface area contributed by atoms with E-state index in [0.29, 0.717) is 0 Å². The summed E-state index contributed by atoms with van der Waals surface area (Å²) in [6.45, 7) is 4.35. The summed E-state index contributed by atoms with van der Waals surface area (Å²) in [6.07, 6.45) is 1.50. The molecule has 0 saturated carbocycles. The second-order valence-corrected chi connectivity index (χ2v) is 3.32. The zero-order valence-electron chi connectivity index (χ0n) is 8.93. The molecule has 3 atom stereocenters. The van der Waals surface area contributed by atoms with E-state index in [1.54, 1.807) is 13.0 Å². The van der Waals surface area contributed by atoms with Crippen LogP contribution >= 0.6 is 0 Å². The van der Waals surface area contributed by atoms with Gasteiger partial charge in [-0.3, -0.25) is 9.59 Å². The molecule has 0 aromatic heterocycles. The van der Waals surface area contributed by atoms with Gasteiger partial charge in [-0.05, 0) is 13.0 Å². The number of esters is 2. The standard InChI is InChI=1S/C10H14O5/c1-6-10(15-8(3)12)9(4-5-13-6)14-7(2)11/h4-6,9-10H,1-3H3/t6?,9-,10+/m1/s1. The van der Waals surface area contributed by atoms with E-state index < -0.39 is 24.1 Å². The number of rotatable bonds is 2. The molecule has 0 N–H and O–H groups in total. The summed E-state index contributed by atoms with van der Waals surface area (Å²) in [4.78, 5) is 21.7. The highest BCUT2D eigenvalue weighted by atomic mass is 16.6. The first-order valence-electron chi connectivity index (χ1n) is 4.67. The Kier molecular flexibility index (Phi) is 3.71. The summed E-state index contributed by atoms with van der Waals surface area (Å²) >= 11 is 0. The second-order valence-electron chi connectivity index (χ2n) is 3.32. The lowest BCUT2D eigenvalue weighted by Crippen LogP contribution is -2.43. The largest absolute Gasteiger partial charge is 0.494 e. The Labute approximate surface area is 88.0 Å². The molecule has 1 heterocycles. The van der Waals surface area contributed by atoms with E-state index in [-0.39, 0.29) is 6.10 Å². The second kappa shape index (κ2) is 4.82. The first-order chi connectivity index (χ1) is 7.00. The van der Waals surface area contributed by atoms with E-state index >= 15 is 0 Å². The molecule has 1 aliphatic rings. The van der Waals surface area contributed by atoms with Gasteiger partial charge in [-0.1, -0.05) is 0 Å². The molecule has 0 bridgehead atoms. The van der Waals surface area contributed by atoms with Crippen LogP contribution in [0.2, 0.25) is 0 Å². The van der Waals surface area contributed by atoms with Gasteiger partial charge in [0.05, 0.1) is 6.26 Å². The van der Waals surface area contributed by atoms with E-state index in [9.17, 15) is 9.59 Å². The van der Waals surface area contributed by atoms with E-state index in [4.69, 9.17) is 14.2 Å². The fourth-order valence-corrected chi connectivity index (χ4v) is 1.35. The monoisotopic (exact) mass is 214 g/mol. The normalized spacial score (nSPS) is 29.1. The zero-order valence-corrected chi connectivity index (χ0v) is 8.93. The predicted octanol–water partition coefficient (Wildman–Crippen LogP) is 0.782. The highest BCUT2D eigenvalue weighted by Gasteiger charge is 2.34. The zero-order chi connectivity index (χ0) is 11.4. The third kappa shape index (κ3) is 3.27. The highest BCUT2D eigenvalue weighted by Crippen LogP contribution is 2.18. The van der Waals surface area contributed by atoms with Gasteiger partial charge in [0.2, 0.25) is 0 Å². The summed E-state index contributed by atoms with van der Waals surface area (Å²) < 4.78 is 15.2. The maximum Gasteiger partial charge on any atom is 0.303 e. The summed E-state index contributed by atoms with van der Waals surface area (Å²) in [5.41, 5.74) is 0. The Morgan fingerprint density at radius 1 is 1.20 bits per heavy atom. The highest BCUT2D eigenvalue weighted by molar-refractivity contribution is 5.67. The van der Waals surface area contributed by atoms with E-state index in [2.05, 4.69) is 0 Å². The third-order valence-electron chi connectivity index (χ3n) is 1.95. The minimum atomic E-state index is -0.587. The first kappa shape index (κ1) is 11.6. The van der Waals surface area contributed by atoms with Crippen molar-refractivity contribution in [2.75, 3.05) is 0 Å². The molecule has 84 valence electrons. The molecule has 5 nitrogen and oxygen atoms in total. The van der Waals surface area contributed by atoms with Gasteiger partial charge >= 0.3 is 11.9 Å². The van der Waals surface area contributed by atoms with Crippen molar-refractivity contribution in [1.29, 1.82) is 0 Å². The van der Waals surface area contributed by atoms with Crippen molar-refractivity contribution in [3.63, 3.8) is 0 Å². The lowest BCUT2D eigenvalue weighted by molar-refractivity contribution is -0.172. The van der Waals surface area contributed by atoms with Crippen LogP contribution in [-0.2, 0) is 23.8 Å². The lowest BCUT2D eigenvalue weighted by Gasteiger charge is -2.31. The molecule has 0 aromatic carbocycles. The van der Waals surface area contributed by atoms with Gasteiger partial charge in [0.25, 0.3) is 0 Å². The predicted molar refractivity (Wildman–Crippen MR) is 50.8 cm³/mol. The maximum absolute atomic E-state index is 10.8. The molecule has 0 saturated heterocycles. The first-order valence-corrected chi connectivity index (χ1v) is 4.67. The van der Waals surface area contributed by atoms with E-state index in [1.807, 2.05) is 0 Å². The van der Waals surface area contributed by atoms with Crippen molar-refractivity contribution >= 4 is 11.9 Å². The van der Waals surface area contributed by atoms with Gasteiger partial charge in [-0.2, -0.15) is 0 Å². The summed E-state index contributed by atoms with van der Waals surface area (Å²) in [5, 5.41) is 0. The SMILES string of the molecule is CC(=O)O[C@@H]1C=COC(C)[C@@H]1OC(C)=O. The van der Waals surface area contributed by atoms with Crippen LogP contribution in [0.4, 0.5) is 0 Å². The van der Waals surface area contributed by atoms with Crippen LogP contribution in [0.3, 0.4) is 0 Å². The van der Waals surface area contributed by atoms with Crippen molar-refractivity contribution in [1.82, 2.24) is 0 Å². The molecule has 0 spiro atoms. The molecular weight excluding hydrogens is 200 g/mol. The molecule has 1 rings (SSSR count). The van der Waals surface area contributed by atoms with Gasteiger partial charge in [-0.25, -0.2) is 0 Å². The van der Waals surface area contributed by atoms with Crippen LogP contribution in [0.1, 0.15) is 20.8 Å². The van der Waals surface area contributed by atoms with Gasteiger partial charge in [0.15, 0.2) is 12.2 Å². The molecule has 0 amide bonds. The lowest BCUT2D eigenvalue weighted by atomic mass is 10.1. The van der Waals surface area contributed by atoms with Crippen molar-refractivity contribution in [2.45, 2.75) is 39.1 Å². The molecular formula is C10H14O5. The van der Waals surface area contributed by atoms with Crippen LogP contribution in [-0.4, -0.2) is 30.3 Å². The molecule has 1 aliphatic heterocycles. The maximum atomic E-state index is 10.8. The number of hydrogen-bond donors (Lipinski definition) is 0. The van der Waals surface area contributed by atoms with Crippen molar-refractivity contribution in [2.24, 2.45) is 0 Å². The van der Waals surface area contributed by atoms with Crippen molar-refractivity contribution in [3.05, 3.63) is 12.3 Å². The Morgan fingerprint density at radius 2 is 1.80 bits per heavy atom. The van der Waals surface area contributed by atoms with Gasteiger partial charge in [0, 0.05) is 13.8 Å².